The fraction of sp³-hybridized carbons (Fsp3) is 0.462. The maximum absolute atomic E-state index is 5.10. The van der Waals surface area contributed by atoms with Crippen molar-refractivity contribution in [2.45, 2.75) is 32.9 Å². The van der Waals surface area contributed by atoms with Crippen molar-refractivity contribution in [2.24, 2.45) is 0 Å². The van der Waals surface area contributed by atoms with E-state index in [0.717, 1.165) is 12.2 Å². The average Bonchev–Trinajstić information content (AvgIpc) is 2.86. The fourth-order valence-corrected chi connectivity index (χ4v) is 1.74. The van der Waals surface area contributed by atoms with Gasteiger partial charge in [0.2, 0.25) is 5.89 Å². The number of hydrogen-bond donors (Lipinski definition) is 0. The Balaban J connectivity index is 2.01. The number of aromatic nitrogens is 3. The summed E-state index contributed by atoms with van der Waals surface area (Å²) in [6.07, 6.45) is 4.44. The van der Waals surface area contributed by atoms with Gasteiger partial charge in [-0.1, -0.05) is 18.1 Å². The van der Waals surface area contributed by atoms with E-state index in [1.807, 2.05) is 26.2 Å². The van der Waals surface area contributed by atoms with Gasteiger partial charge in [-0.25, -0.2) is 0 Å². The van der Waals surface area contributed by atoms with Crippen LogP contribution >= 0.6 is 0 Å². The summed E-state index contributed by atoms with van der Waals surface area (Å²) in [5.74, 6) is 1.41. The highest BCUT2D eigenvalue weighted by atomic mass is 16.5. The van der Waals surface area contributed by atoms with Gasteiger partial charge >= 0.3 is 0 Å². The second-order valence-corrected chi connectivity index (χ2v) is 4.34. The number of aryl methyl sites for hydroxylation is 1. The zero-order chi connectivity index (χ0) is 13.0. The second-order valence-electron chi connectivity index (χ2n) is 4.34. The third-order valence-electron chi connectivity index (χ3n) is 3.03. The first kappa shape index (κ1) is 12.7. The third kappa shape index (κ3) is 2.92. The van der Waals surface area contributed by atoms with Crippen LogP contribution in [0.1, 0.15) is 37.2 Å². The molecule has 0 aliphatic heterocycles. The molecule has 0 N–H and O–H groups in total. The lowest BCUT2D eigenvalue weighted by Crippen LogP contribution is -2.22. The van der Waals surface area contributed by atoms with E-state index >= 15 is 0 Å². The van der Waals surface area contributed by atoms with E-state index in [1.54, 1.807) is 6.20 Å². The lowest BCUT2D eigenvalue weighted by Gasteiger charge is -2.23. The van der Waals surface area contributed by atoms with Gasteiger partial charge in [0, 0.05) is 24.9 Å². The summed E-state index contributed by atoms with van der Waals surface area (Å²) in [7, 11) is 2.04. The molecule has 0 saturated carbocycles. The van der Waals surface area contributed by atoms with E-state index in [2.05, 4.69) is 33.0 Å². The lowest BCUT2D eigenvalue weighted by molar-refractivity contribution is 0.242. The monoisotopic (exact) mass is 246 g/mol. The minimum Gasteiger partial charge on any atom is -0.339 e. The topological polar surface area (TPSA) is 55.1 Å². The van der Waals surface area contributed by atoms with Gasteiger partial charge in [0.15, 0.2) is 5.82 Å². The summed E-state index contributed by atoms with van der Waals surface area (Å²) in [6.45, 7) is 4.80. The Kier molecular flexibility index (Phi) is 4.04. The van der Waals surface area contributed by atoms with Crippen molar-refractivity contribution >= 4 is 0 Å². The highest BCUT2D eigenvalue weighted by molar-refractivity contribution is 5.13. The summed E-state index contributed by atoms with van der Waals surface area (Å²) in [5.41, 5.74) is 1.18. The molecule has 2 aromatic heterocycles. The van der Waals surface area contributed by atoms with Crippen molar-refractivity contribution in [1.29, 1.82) is 0 Å². The van der Waals surface area contributed by atoms with Gasteiger partial charge in [-0.2, -0.15) is 4.98 Å². The third-order valence-corrected chi connectivity index (χ3v) is 3.03. The van der Waals surface area contributed by atoms with Gasteiger partial charge < -0.3 is 4.52 Å². The van der Waals surface area contributed by atoms with E-state index < -0.39 is 0 Å². The predicted octanol–water partition coefficient (Wildman–Crippen LogP) is 2.22. The zero-order valence-corrected chi connectivity index (χ0v) is 11.0. The zero-order valence-electron chi connectivity index (χ0n) is 11.0. The molecule has 0 unspecified atom stereocenters. The quantitative estimate of drug-likeness (QED) is 0.809. The van der Waals surface area contributed by atoms with Crippen molar-refractivity contribution in [3.63, 3.8) is 0 Å². The number of nitrogens with zero attached hydrogens (tertiary/aromatic N) is 4. The van der Waals surface area contributed by atoms with E-state index in [0.29, 0.717) is 12.4 Å². The molecular formula is C13H18N4O. The Morgan fingerprint density at radius 3 is 2.89 bits per heavy atom. The Morgan fingerprint density at radius 1 is 1.44 bits per heavy atom. The minimum absolute atomic E-state index is 0.266. The van der Waals surface area contributed by atoms with Crippen LogP contribution in [0, 0.1) is 0 Å². The Bertz CT molecular complexity index is 483. The van der Waals surface area contributed by atoms with E-state index in [-0.39, 0.29) is 6.04 Å². The molecule has 18 heavy (non-hydrogen) atoms. The first-order valence-corrected chi connectivity index (χ1v) is 6.12. The van der Waals surface area contributed by atoms with Crippen LogP contribution in [-0.2, 0) is 13.0 Å². The van der Waals surface area contributed by atoms with Crippen LogP contribution in [-0.4, -0.2) is 27.1 Å². The van der Waals surface area contributed by atoms with Crippen molar-refractivity contribution in [1.82, 2.24) is 20.0 Å². The predicted molar refractivity (Wildman–Crippen MR) is 67.8 cm³/mol. The molecule has 0 aliphatic rings. The molecule has 0 spiro atoms. The standard InChI is InChI=1S/C13H18N4O/c1-4-13-15-12(16-18-13)9-17(3)10(2)11-6-5-7-14-8-11/h5-8,10H,4,9H2,1-3H3/t10-/m1/s1. The molecule has 0 aromatic carbocycles. The molecule has 2 aromatic rings. The molecule has 5 nitrogen and oxygen atoms in total. The van der Waals surface area contributed by atoms with Crippen LogP contribution in [0.5, 0.6) is 0 Å². The Labute approximate surface area is 107 Å². The van der Waals surface area contributed by atoms with Crippen molar-refractivity contribution in [3.8, 4) is 0 Å². The average molecular weight is 246 g/mol. The first-order valence-electron chi connectivity index (χ1n) is 6.12. The molecule has 0 bridgehead atoms. The molecule has 96 valence electrons. The van der Waals surface area contributed by atoms with Crippen molar-refractivity contribution in [2.75, 3.05) is 7.05 Å². The molecule has 2 rings (SSSR count). The number of rotatable bonds is 5. The molecule has 0 radical (unpaired) electrons. The van der Waals surface area contributed by atoms with Crippen molar-refractivity contribution in [3.05, 3.63) is 41.8 Å². The highest BCUT2D eigenvalue weighted by Crippen LogP contribution is 2.18. The molecule has 0 aliphatic carbocycles. The van der Waals surface area contributed by atoms with E-state index in [1.165, 1.54) is 5.56 Å². The molecule has 0 saturated heterocycles. The SMILES string of the molecule is CCc1nc(CN(C)[C@H](C)c2cccnc2)no1. The van der Waals surface area contributed by atoms with Gasteiger partial charge in [0.25, 0.3) is 0 Å². The first-order chi connectivity index (χ1) is 8.70. The van der Waals surface area contributed by atoms with Gasteiger partial charge in [0.1, 0.15) is 0 Å². The molecule has 1 atom stereocenters. The van der Waals surface area contributed by atoms with Crippen LogP contribution in [0.25, 0.3) is 0 Å². The van der Waals surface area contributed by atoms with Gasteiger partial charge in [0.05, 0.1) is 6.54 Å². The van der Waals surface area contributed by atoms with Crippen molar-refractivity contribution < 1.29 is 4.52 Å². The lowest BCUT2D eigenvalue weighted by atomic mass is 10.1. The van der Waals surface area contributed by atoms with Crippen LogP contribution in [0.3, 0.4) is 0 Å². The molecular weight excluding hydrogens is 228 g/mol. The Morgan fingerprint density at radius 2 is 2.28 bits per heavy atom. The van der Waals surface area contributed by atoms with Crippen LogP contribution in [0.4, 0.5) is 0 Å². The van der Waals surface area contributed by atoms with Crippen LogP contribution in [0.2, 0.25) is 0 Å². The summed E-state index contributed by atoms with van der Waals surface area (Å²) in [5, 5.41) is 3.96. The number of hydrogen-bond acceptors (Lipinski definition) is 5. The van der Waals surface area contributed by atoms with Crippen LogP contribution < -0.4 is 0 Å². The van der Waals surface area contributed by atoms with E-state index in [4.69, 9.17) is 4.52 Å². The summed E-state index contributed by atoms with van der Waals surface area (Å²) in [4.78, 5) is 10.6. The maximum atomic E-state index is 5.10. The van der Waals surface area contributed by atoms with Gasteiger partial charge in [-0.3, -0.25) is 9.88 Å². The fourth-order valence-electron chi connectivity index (χ4n) is 1.74. The second kappa shape index (κ2) is 5.73. The maximum Gasteiger partial charge on any atom is 0.226 e. The number of pyridine rings is 1. The molecule has 5 heteroatoms. The molecule has 2 heterocycles. The van der Waals surface area contributed by atoms with Crippen LogP contribution in [0.15, 0.2) is 29.0 Å². The largest absolute Gasteiger partial charge is 0.339 e. The van der Waals surface area contributed by atoms with Gasteiger partial charge in [-0.05, 0) is 25.6 Å². The minimum atomic E-state index is 0.266. The summed E-state index contributed by atoms with van der Waals surface area (Å²) >= 11 is 0. The Hall–Kier alpha value is -1.75. The molecule has 0 fully saturated rings. The summed E-state index contributed by atoms with van der Waals surface area (Å²) < 4.78 is 5.10. The van der Waals surface area contributed by atoms with E-state index in [9.17, 15) is 0 Å². The normalized spacial score (nSPS) is 12.9. The summed E-state index contributed by atoms with van der Waals surface area (Å²) in [6, 6.07) is 4.28. The smallest absolute Gasteiger partial charge is 0.226 e. The molecule has 0 amide bonds. The van der Waals surface area contributed by atoms with Gasteiger partial charge in [-0.15, -0.1) is 0 Å². The highest BCUT2D eigenvalue weighted by Gasteiger charge is 2.14.